The number of nitrogens with zero attached hydrogens (tertiary/aromatic N) is 1. The topological polar surface area (TPSA) is 55.7 Å². The van der Waals surface area contributed by atoms with E-state index in [4.69, 9.17) is 0 Å². The summed E-state index contributed by atoms with van der Waals surface area (Å²) in [4.78, 5) is 2.31. The quantitative estimate of drug-likeness (QED) is 0.734. The summed E-state index contributed by atoms with van der Waals surface area (Å²) in [7, 11) is 0. The van der Waals surface area contributed by atoms with Crippen LogP contribution in [0.4, 0.5) is 0 Å². The summed E-state index contributed by atoms with van der Waals surface area (Å²) in [6.07, 6.45) is 0.778. The third-order valence-electron chi connectivity index (χ3n) is 3.26. The first-order valence-corrected chi connectivity index (χ1v) is 6.17. The van der Waals surface area contributed by atoms with Gasteiger partial charge < -0.3 is 15.5 Å². The fourth-order valence-corrected chi connectivity index (χ4v) is 2.19. The highest BCUT2D eigenvalue weighted by atomic mass is 16.3. The second-order valence-electron chi connectivity index (χ2n) is 4.49. The third-order valence-corrected chi connectivity index (χ3v) is 3.26. The van der Waals surface area contributed by atoms with Crippen LogP contribution in [-0.2, 0) is 13.0 Å². The van der Waals surface area contributed by atoms with Gasteiger partial charge in [0.1, 0.15) is 11.5 Å². The van der Waals surface area contributed by atoms with E-state index >= 15 is 0 Å². The first-order chi connectivity index (χ1) is 8.20. The molecule has 0 saturated carbocycles. The van der Waals surface area contributed by atoms with Crippen LogP contribution in [0.3, 0.4) is 0 Å². The average molecular weight is 236 g/mol. The van der Waals surface area contributed by atoms with E-state index in [2.05, 4.69) is 10.2 Å². The van der Waals surface area contributed by atoms with E-state index in [0.717, 1.165) is 50.3 Å². The molecule has 4 heteroatoms. The van der Waals surface area contributed by atoms with E-state index in [-0.39, 0.29) is 11.5 Å². The summed E-state index contributed by atoms with van der Waals surface area (Å²) in [5.74, 6) is 0.382. The number of phenols is 2. The second kappa shape index (κ2) is 5.38. The molecule has 1 aliphatic heterocycles. The lowest BCUT2D eigenvalue weighted by atomic mass is 10.1. The predicted molar refractivity (Wildman–Crippen MR) is 67.3 cm³/mol. The van der Waals surface area contributed by atoms with Gasteiger partial charge in [0, 0.05) is 44.4 Å². The van der Waals surface area contributed by atoms with Crippen molar-refractivity contribution in [2.24, 2.45) is 0 Å². The van der Waals surface area contributed by atoms with Gasteiger partial charge in [-0.05, 0) is 18.1 Å². The Kier molecular flexibility index (Phi) is 3.86. The molecule has 3 N–H and O–H groups in total. The molecule has 0 spiro atoms. The fraction of sp³-hybridized carbons (Fsp3) is 0.538. The monoisotopic (exact) mass is 236 g/mol. The number of aryl methyl sites for hydroxylation is 1. The molecule has 0 bridgehead atoms. The Balaban J connectivity index is 2.13. The highest BCUT2D eigenvalue weighted by Gasteiger charge is 2.13. The van der Waals surface area contributed by atoms with Crippen LogP contribution in [-0.4, -0.2) is 41.3 Å². The van der Waals surface area contributed by atoms with E-state index in [1.807, 2.05) is 13.0 Å². The van der Waals surface area contributed by atoms with E-state index < -0.39 is 0 Å². The molecular formula is C13H20N2O2. The zero-order chi connectivity index (χ0) is 12.3. The molecule has 94 valence electrons. The maximum Gasteiger partial charge on any atom is 0.123 e. The zero-order valence-corrected chi connectivity index (χ0v) is 10.2. The lowest BCUT2D eigenvalue weighted by Crippen LogP contribution is -2.42. The normalized spacial score (nSPS) is 17.2. The lowest BCUT2D eigenvalue weighted by molar-refractivity contribution is 0.230. The molecule has 1 saturated heterocycles. The van der Waals surface area contributed by atoms with Crippen LogP contribution in [0.25, 0.3) is 0 Å². The largest absolute Gasteiger partial charge is 0.508 e. The lowest BCUT2D eigenvalue weighted by Gasteiger charge is -2.27. The van der Waals surface area contributed by atoms with E-state index in [0.29, 0.717) is 0 Å². The number of nitrogens with one attached hydrogen (secondary N) is 1. The van der Waals surface area contributed by atoms with Gasteiger partial charge in [-0.1, -0.05) is 6.92 Å². The van der Waals surface area contributed by atoms with Crippen molar-refractivity contribution >= 4 is 0 Å². The number of benzene rings is 1. The van der Waals surface area contributed by atoms with Crippen molar-refractivity contribution in [2.75, 3.05) is 26.2 Å². The molecule has 0 aliphatic carbocycles. The maximum atomic E-state index is 9.84. The number of piperazine rings is 1. The van der Waals surface area contributed by atoms with Gasteiger partial charge in [-0.25, -0.2) is 0 Å². The van der Waals surface area contributed by atoms with Crippen molar-refractivity contribution < 1.29 is 10.2 Å². The molecule has 17 heavy (non-hydrogen) atoms. The Labute approximate surface area is 102 Å². The number of hydrogen-bond acceptors (Lipinski definition) is 4. The minimum absolute atomic E-state index is 0.189. The SMILES string of the molecule is CCc1cc(CN2CCNCC2)c(O)cc1O. The molecule has 0 aromatic heterocycles. The molecule has 0 amide bonds. The Morgan fingerprint density at radius 3 is 2.41 bits per heavy atom. The minimum Gasteiger partial charge on any atom is -0.508 e. The Hall–Kier alpha value is -1.26. The summed E-state index contributed by atoms with van der Waals surface area (Å²) < 4.78 is 0. The summed E-state index contributed by atoms with van der Waals surface area (Å²) in [5.41, 5.74) is 1.80. The van der Waals surface area contributed by atoms with E-state index in [9.17, 15) is 10.2 Å². The van der Waals surface area contributed by atoms with Crippen LogP contribution in [0, 0.1) is 0 Å². The standard InChI is InChI=1S/C13H20N2O2/c1-2-10-7-11(13(17)8-12(10)16)9-15-5-3-14-4-6-15/h7-8,14,16-17H,2-6,9H2,1H3. The van der Waals surface area contributed by atoms with Gasteiger partial charge >= 0.3 is 0 Å². The first kappa shape index (κ1) is 12.2. The van der Waals surface area contributed by atoms with Crippen LogP contribution in [0.1, 0.15) is 18.1 Å². The van der Waals surface area contributed by atoms with Crippen LogP contribution >= 0.6 is 0 Å². The van der Waals surface area contributed by atoms with Gasteiger partial charge in [0.15, 0.2) is 0 Å². The van der Waals surface area contributed by atoms with Gasteiger partial charge in [0.05, 0.1) is 0 Å². The van der Waals surface area contributed by atoms with Gasteiger partial charge in [-0.3, -0.25) is 4.90 Å². The molecule has 0 atom stereocenters. The Morgan fingerprint density at radius 2 is 1.76 bits per heavy atom. The third kappa shape index (κ3) is 2.90. The minimum atomic E-state index is 0.189. The number of aromatic hydroxyl groups is 2. The zero-order valence-electron chi connectivity index (χ0n) is 10.2. The number of hydrogen-bond donors (Lipinski definition) is 3. The smallest absolute Gasteiger partial charge is 0.123 e. The maximum absolute atomic E-state index is 9.84. The van der Waals surface area contributed by atoms with Crippen LogP contribution in [0.2, 0.25) is 0 Å². The van der Waals surface area contributed by atoms with Crippen molar-refractivity contribution in [1.29, 1.82) is 0 Å². The first-order valence-electron chi connectivity index (χ1n) is 6.17. The second-order valence-corrected chi connectivity index (χ2v) is 4.49. The molecule has 0 radical (unpaired) electrons. The van der Waals surface area contributed by atoms with Crippen molar-refractivity contribution in [3.8, 4) is 11.5 Å². The summed E-state index contributed by atoms with van der Waals surface area (Å²) in [6, 6.07) is 3.36. The molecule has 4 nitrogen and oxygen atoms in total. The molecule has 1 fully saturated rings. The van der Waals surface area contributed by atoms with Crippen LogP contribution < -0.4 is 5.32 Å². The molecule has 2 rings (SSSR count). The molecule has 1 aromatic carbocycles. The average Bonchev–Trinajstić information content (AvgIpc) is 2.34. The van der Waals surface area contributed by atoms with Crippen molar-refractivity contribution in [3.63, 3.8) is 0 Å². The predicted octanol–water partition coefficient (Wildman–Crippen LogP) is 1.07. The van der Waals surface area contributed by atoms with Gasteiger partial charge in [-0.15, -0.1) is 0 Å². The van der Waals surface area contributed by atoms with Crippen molar-refractivity contribution in [1.82, 2.24) is 10.2 Å². The highest BCUT2D eigenvalue weighted by Crippen LogP contribution is 2.28. The molecule has 1 aromatic rings. The molecular weight excluding hydrogens is 216 g/mol. The van der Waals surface area contributed by atoms with Crippen molar-refractivity contribution in [3.05, 3.63) is 23.3 Å². The number of rotatable bonds is 3. The van der Waals surface area contributed by atoms with E-state index in [1.165, 1.54) is 6.07 Å². The summed E-state index contributed by atoms with van der Waals surface area (Å²) in [5, 5.41) is 22.8. The molecule has 1 aliphatic rings. The fourth-order valence-electron chi connectivity index (χ4n) is 2.19. The van der Waals surface area contributed by atoms with Crippen LogP contribution in [0.5, 0.6) is 11.5 Å². The van der Waals surface area contributed by atoms with Gasteiger partial charge in [0.2, 0.25) is 0 Å². The van der Waals surface area contributed by atoms with Crippen LogP contribution in [0.15, 0.2) is 12.1 Å². The van der Waals surface area contributed by atoms with Gasteiger partial charge in [-0.2, -0.15) is 0 Å². The Bertz CT molecular complexity index is 387. The van der Waals surface area contributed by atoms with E-state index in [1.54, 1.807) is 0 Å². The molecule has 1 heterocycles. The summed E-state index contributed by atoms with van der Waals surface area (Å²) >= 11 is 0. The van der Waals surface area contributed by atoms with Gasteiger partial charge in [0.25, 0.3) is 0 Å². The van der Waals surface area contributed by atoms with Crippen molar-refractivity contribution in [2.45, 2.75) is 19.9 Å². The number of phenolic OH excluding ortho intramolecular Hbond substituents is 2. The Morgan fingerprint density at radius 1 is 1.12 bits per heavy atom. The highest BCUT2D eigenvalue weighted by molar-refractivity contribution is 5.45. The molecule has 0 unspecified atom stereocenters. The summed E-state index contributed by atoms with van der Waals surface area (Å²) in [6.45, 7) is 6.75.